The minimum atomic E-state index is -0.389. The Kier molecular flexibility index (Phi) is 4.47. The molecule has 1 N–H and O–H groups in total. The van der Waals surface area contributed by atoms with Crippen LogP contribution in [0.25, 0.3) is 10.9 Å². The molecule has 0 spiro atoms. The van der Waals surface area contributed by atoms with E-state index in [1.165, 1.54) is 7.11 Å². The molecule has 3 aromatic rings. The van der Waals surface area contributed by atoms with Gasteiger partial charge in [0.15, 0.2) is 5.78 Å². The summed E-state index contributed by atoms with van der Waals surface area (Å²) < 4.78 is 4.77. The molecule has 0 saturated carbocycles. The lowest BCUT2D eigenvalue weighted by Crippen LogP contribution is -2.04. The van der Waals surface area contributed by atoms with Crippen molar-refractivity contribution in [2.45, 2.75) is 19.8 Å². The molecule has 24 heavy (non-hydrogen) atoms. The van der Waals surface area contributed by atoms with E-state index < -0.39 is 0 Å². The highest BCUT2D eigenvalue weighted by Gasteiger charge is 2.20. The Morgan fingerprint density at radius 1 is 1.04 bits per heavy atom. The van der Waals surface area contributed by atoms with E-state index in [4.69, 9.17) is 4.74 Å². The molecule has 0 atom stereocenters. The van der Waals surface area contributed by atoms with Crippen molar-refractivity contribution in [2.24, 2.45) is 0 Å². The van der Waals surface area contributed by atoms with Crippen LogP contribution in [0, 0.1) is 0 Å². The molecule has 2 aromatic carbocycles. The summed E-state index contributed by atoms with van der Waals surface area (Å²) in [6.45, 7) is 2.07. The van der Waals surface area contributed by atoms with E-state index in [-0.39, 0.29) is 11.8 Å². The third kappa shape index (κ3) is 2.83. The van der Waals surface area contributed by atoms with Gasteiger partial charge in [0.1, 0.15) is 0 Å². The Balaban J connectivity index is 2.16. The van der Waals surface area contributed by atoms with Crippen LogP contribution in [-0.4, -0.2) is 23.8 Å². The van der Waals surface area contributed by atoms with Crippen molar-refractivity contribution in [1.82, 2.24) is 4.98 Å². The van der Waals surface area contributed by atoms with Crippen molar-refractivity contribution in [2.75, 3.05) is 7.11 Å². The van der Waals surface area contributed by atoms with Gasteiger partial charge in [0.25, 0.3) is 0 Å². The van der Waals surface area contributed by atoms with Gasteiger partial charge in [-0.15, -0.1) is 0 Å². The molecular weight excluding hydrogens is 302 g/mol. The molecule has 4 nitrogen and oxygen atoms in total. The number of esters is 1. The Morgan fingerprint density at radius 3 is 2.46 bits per heavy atom. The zero-order valence-electron chi connectivity index (χ0n) is 13.8. The number of aryl methyl sites for hydroxylation is 1. The second-order valence-corrected chi connectivity index (χ2v) is 5.68. The number of ketones is 1. The van der Waals surface area contributed by atoms with Crippen LogP contribution in [0.3, 0.4) is 0 Å². The van der Waals surface area contributed by atoms with Gasteiger partial charge in [0, 0.05) is 22.2 Å². The smallest absolute Gasteiger partial charge is 0.337 e. The molecule has 0 saturated heterocycles. The van der Waals surface area contributed by atoms with Gasteiger partial charge in [0.2, 0.25) is 0 Å². The second-order valence-electron chi connectivity index (χ2n) is 5.68. The molecule has 1 aromatic heterocycles. The maximum absolute atomic E-state index is 13.0. The van der Waals surface area contributed by atoms with Gasteiger partial charge in [-0.25, -0.2) is 4.79 Å². The van der Waals surface area contributed by atoms with Crippen molar-refractivity contribution in [3.63, 3.8) is 0 Å². The highest BCUT2D eigenvalue weighted by molar-refractivity contribution is 6.17. The number of hydrogen-bond donors (Lipinski definition) is 1. The number of H-pyrrole nitrogens is 1. The summed E-state index contributed by atoms with van der Waals surface area (Å²) in [7, 11) is 1.36. The number of hydrogen-bond acceptors (Lipinski definition) is 3. The van der Waals surface area contributed by atoms with Crippen LogP contribution >= 0.6 is 0 Å². The Hall–Kier alpha value is -2.88. The molecule has 0 unspecified atom stereocenters. The standard InChI is InChI=1S/C20H19NO3/c1-3-7-16-18(19(22)13-8-5-4-6-9-13)15-11-10-14(20(23)24-2)12-17(15)21-16/h4-6,8-12,21H,3,7H2,1-2H3. The maximum atomic E-state index is 13.0. The van der Waals surface area contributed by atoms with Crippen LogP contribution < -0.4 is 0 Å². The van der Waals surface area contributed by atoms with Gasteiger partial charge in [0.05, 0.1) is 18.2 Å². The number of aromatic amines is 1. The van der Waals surface area contributed by atoms with Crippen LogP contribution in [0.2, 0.25) is 0 Å². The zero-order chi connectivity index (χ0) is 17.1. The molecule has 0 radical (unpaired) electrons. The lowest BCUT2D eigenvalue weighted by molar-refractivity contribution is 0.0601. The summed E-state index contributed by atoms with van der Waals surface area (Å²) in [5.74, 6) is -0.393. The first-order chi connectivity index (χ1) is 11.7. The van der Waals surface area contributed by atoms with Crippen LogP contribution in [0.15, 0.2) is 48.5 Å². The predicted molar refractivity (Wildman–Crippen MR) is 93.5 cm³/mol. The van der Waals surface area contributed by atoms with Gasteiger partial charge in [-0.3, -0.25) is 4.79 Å². The van der Waals surface area contributed by atoms with E-state index in [1.807, 2.05) is 36.4 Å². The molecule has 0 bridgehead atoms. The number of methoxy groups -OCH3 is 1. The Morgan fingerprint density at radius 2 is 1.79 bits per heavy atom. The van der Waals surface area contributed by atoms with Crippen molar-refractivity contribution in [3.05, 3.63) is 70.9 Å². The average Bonchev–Trinajstić information content (AvgIpc) is 2.98. The van der Waals surface area contributed by atoms with Crippen molar-refractivity contribution < 1.29 is 14.3 Å². The first-order valence-corrected chi connectivity index (χ1v) is 7.98. The first-order valence-electron chi connectivity index (χ1n) is 7.98. The first kappa shape index (κ1) is 16.0. The van der Waals surface area contributed by atoms with Crippen molar-refractivity contribution >= 4 is 22.7 Å². The number of rotatable bonds is 5. The number of aromatic nitrogens is 1. The normalized spacial score (nSPS) is 10.8. The average molecular weight is 321 g/mol. The van der Waals surface area contributed by atoms with Gasteiger partial charge in [-0.2, -0.15) is 0 Å². The van der Waals surface area contributed by atoms with E-state index in [1.54, 1.807) is 12.1 Å². The summed E-state index contributed by atoms with van der Waals surface area (Å²) in [5, 5.41) is 0.833. The molecule has 4 heteroatoms. The monoisotopic (exact) mass is 321 g/mol. The summed E-state index contributed by atoms with van der Waals surface area (Å²) in [5.41, 5.74) is 3.50. The van der Waals surface area contributed by atoms with Crippen molar-refractivity contribution in [1.29, 1.82) is 0 Å². The quantitative estimate of drug-likeness (QED) is 0.567. The van der Waals surface area contributed by atoms with Crippen LogP contribution in [0.4, 0.5) is 0 Å². The van der Waals surface area contributed by atoms with E-state index >= 15 is 0 Å². The summed E-state index contributed by atoms with van der Waals surface area (Å²) in [6, 6.07) is 14.5. The lowest BCUT2D eigenvalue weighted by atomic mass is 9.98. The number of fused-ring (bicyclic) bond motifs is 1. The number of benzene rings is 2. The largest absolute Gasteiger partial charge is 0.465 e. The molecule has 0 aliphatic heterocycles. The topological polar surface area (TPSA) is 59.2 Å². The van der Waals surface area contributed by atoms with Gasteiger partial charge in [-0.1, -0.05) is 49.7 Å². The molecular formula is C20H19NO3. The molecule has 3 rings (SSSR count). The fourth-order valence-corrected chi connectivity index (χ4v) is 2.93. The summed E-state index contributed by atoms with van der Waals surface area (Å²) in [4.78, 5) is 28.0. The molecule has 122 valence electrons. The SMILES string of the molecule is CCCc1[nH]c2cc(C(=O)OC)ccc2c1C(=O)c1ccccc1. The number of nitrogens with one attached hydrogen (secondary N) is 1. The van der Waals surface area contributed by atoms with E-state index in [2.05, 4.69) is 11.9 Å². The highest BCUT2D eigenvalue weighted by Crippen LogP contribution is 2.27. The Labute approximate surface area is 140 Å². The maximum Gasteiger partial charge on any atom is 0.337 e. The highest BCUT2D eigenvalue weighted by atomic mass is 16.5. The van der Waals surface area contributed by atoms with Crippen LogP contribution in [-0.2, 0) is 11.2 Å². The Bertz CT molecular complexity index is 894. The predicted octanol–water partition coefficient (Wildman–Crippen LogP) is 4.14. The van der Waals surface area contributed by atoms with E-state index in [9.17, 15) is 9.59 Å². The van der Waals surface area contributed by atoms with Crippen molar-refractivity contribution in [3.8, 4) is 0 Å². The second kappa shape index (κ2) is 6.71. The molecule has 0 aliphatic carbocycles. The van der Waals surface area contributed by atoms with Gasteiger partial charge < -0.3 is 9.72 Å². The fourth-order valence-electron chi connectivity index (χ4n) is 2.93. The molecule has 1 heterocycles. The summed E-state index contributed by atoms with van der Waals surface area (Å²) >= 11 is 0. The van der Waals surface area contributed by atoms with Crippen LogP contribution in [0.1, 0.15) is 45.3 Å². The zero-order valence-corrected chi connectivity index (χ0v) is 13.8. The minimum absolute atomic E-state index is 0.00359. The van der Waals surface area contributed by atoms with Gasteiger partial charge in [-0.05, 0) is 18.6 Å². The van der Waals surface area contributed by atoms with E-state index in [0.29, 0.717) is 16.7 Å². The van der Waals surface area contributed by atoms with Crippen LogP contribution in [0.5, 0.6) is 0 Å². The fraction of sp³-hybridized carbons (Fsp3) is 0.200. The minimum Gasteiger partial charge on any atom is -0.465 e. The lowest BCUT2D eigenvalue weighted by Gasteiger charge is -2.04. The number of carbonyl (C=O) groups is 2. The number of ether oxygens (including phenoxy) is 1. The van der Waals surface area contributed by atoms with Gasteiger partial charge >= 0.3 is 5.97 Å². The molecule has 0 aliphatic rings. The summed E-state index contributed by atoms with van der Waals surface area (Å²) in [6.07, 6.45) is 1.70. The third-order valence-electron chi connectivity index (χ3n) is 4.06. The third-order valence-corrected chi connectivity index (χ3v) is 4.06. The molecule has 0 amide bonds. The van der Waals surface area contributed by atoms with E-state index in [0.717, 1.165) is 29.4 Å². The molecule has 0 fully saturated rings. The number of carbonyl (C=O) groups excluding carboxylic acids is 2.